The summed E-state index contributed by atoms with van der Waals surface area (Å²) in [6, 6.07) is 9.51. The maximum absolute atomic E-state index is 13.1. The topological polar surface area (TPSA) is 97.4 Å². The predicted molar refractivity (Wildman–Crippen MR) is 133 cm³/mol. The van der Waals surface area contributed by atoms with E-state index in [1.807, 2.05) is 0 Å². The summed E-state index contributed by atoms with van der Waals surface area (Å²) in [5.74, 6) is 1.41. The van der Waals surface area contributed by atoms with Crippen LogP contribution >= 0.6 is 11.6 Å². The summed E-state index contributed by atoms with van der Waals surface area (Å²) in [6.45, 7) is 1.99. The maximum Gasteiger partial charge on any atom is 0.321 e. The molecule has 2 heterocycles. The Balaban J connectivity index is 1.39. The van der Waals surface area contributed by atoms with Crippen LogP contribution in [-0.4, -0.2) is 71.2 Å². The zero-order valence-electron chi connectivity index (χ0n) is 20.0. The van der Waals surface area contributed by atoms with E-state index in [1.165, 1.54) is 25.6 Å². The van der Waals surface area contributed by atoms with Crippen LogP contribution in [0.3, 0.4) is 0 Å². The van der Waals surface area contributed by atoms with E-state index < -0.39 is 10.0 Å². The zero-order valence-corrected chi connectivity index (χ0v) is 21.6. The number of sulfonamides is 1. The van der Waals surface area contributed by atoms with E-state index in [0.717, 1.165) is 6.42 Å². The third kappa shape index (κ3) is 5.14. The van der Waals surface area contributed by atoms with Gasteiger partial charge in [-0.15, -0.1) is 0 Å². The van der Waals surface area contributed by atoms with Crippen LogP contribution in [-0.2, 0) is 10.0 Å². The Morgan fingerprint density at radius 1 is 0.971 bits per heavy atom. The number of hydrogen-bond acceptors (Lipinski definition) is 6. The number of benzene rings is 2. The molecule has 1 spiro atoms. The molecule has 190 valence electrons. The van der Waals surface area contributed by atoms with Gasteiger partial charge in [0.05, 0.1) is 36.9 Å². The van der Waals surface area contributed by atoms with E-state index >= 15 is 0 Å². The van der Waals surface area contributed by atoms with Crippen LogP contribution in [0.5, 0.6) is 17.2 Å². The summed E-state index contributed by atoms with van der Waals surface area (Å²) in [7, 11) is 0.927. The van der Waals surface area contributed by atoms with Crippen molar-refractivity contribution in [3.8, 4) is 17.2 Å². The summed E-state index contributed by atoms with van der Waals surface area (Å²) in [6.07, 6.45) is 2.21. The molecule has 2 fully saturated rings. The molecule has 2 amide bonds. The van der Waals surface area contributed by atoms with Crippen molar-refractivity contribution < 1.29 is 27.4 Å². The standard InChI is InChI=1S/C24H30ClN3O6S/c1-32-17-5-4-6-18(13-17)35(30,31)28-11-8-24(9-12-28)7-10-27(16-24)23(29)26-20-14-19(25)21(33-2)15-22(20)34-3/h4-6,13-15H,7-12,16H2,1-3H3,(H,26,29). The molecule has 0 aromatic heterocycles. The second-order valence-electron chi connectivity index (χ2n) is 8.87. The van der Waals surface area contributed by atoms with Crippen molar-refractivity contribution in [3.63, 3.8) is 0 Å². The lowest BCUT2D eigenvalue weighted by atomic mass is 9.78. The maximum atomic E-state index is 13.1. The van der Waals surface area contributed by atoms with Gasteiger partial charge in [0, 0.05) is 38.3 Å². The summed E-state index contributed by atoms with van der Waals surface area (Å²) in [4.78, 5) is 15.0. The van der Waals surface area contributed by atoms with E-state index in [-0.39, 0.29) is 16.3 Å². The molecule has 35 heavy (non-hydrogen) atoms. The van der Waals surface area contributed by atoms with Gasteiger partial charge in [0.25, 0.3) is 0 Å². The molecule has 11 heteroatoms. The van der Waals surface area contributed by atoms with Crippen LogP contribution in [0, 0.1) is 5.41 Å². The second-order valence-corrected chi connectivity index (χ2v) is 11.2. The normalized spacial score (nSPS) is 17.9. The quantitative estimate of drug-likeness (QED) is 0.613. The molecular weight excluding hydrogens is 494 g/mol. The van der Waals surface area contributed by atoms with Crippen LogP contribution in [0.2, 0.25) is 5.02 Å². The van der Waals surface area contributed by atoms with Crippen LogP contribution in [0.1, 0.15) is 19.3 Å². The number of anilines is 1. The van der Waals surface area contributed by atoms with Crippen molar-refractivity contribution in [3.05, 3.63) is 41.4 Å². The number of piperidine rings is 1. The van der Waals surface area contributed by atoms with Crippen LogP contribution in [0.15, 0.2) is 41.3 Å². The van der Waals surface area contributed by atoms with Gasteiger partial charge in [0.2, 0.25) is 10.0 Å². The number of urea groups is 1. The number of nitrogens with one attached hydrogen (secondary N) is 1. The first-order valence-corrected chi connectivity index (χ1v) is 13.1. The van der Waals surface area contributed by atoms with Crippen molar-refractivity contribution in [1.29, 1.82) is 0 Å². The molecule has 0 bridgehead atoms. The Hall–Kier alpha value is -2.69. The minimum atomic E-state index is -3.61. The van der Waals surface area contributed by atoms with Crippen LogP contribution in [0.4, 0.5) is 10.5 Å². The molecule has 0 aliphatic carbocycles. The van der Waals surface area contributed by atoms with E-state index in [1.54, 1.807) is 41.3 Å². The number of hydrogen-bond donors (Lipinski definition) is 1. The van der Waals surface area contributed by atoms with E-state index in [0.29, 0.717) is 67.0 Å². The number of rotatable bonds is 6. The molecule has 2 aliphatic rings. The highest BCUT2D eigenvalue weighted by atomic mass is 35.5. The van der Waals surface area contributed by atoms with Gasteiger partial charge in [-0.25, -0.2) is 13.2 Å². The minimum Gasteiger partial charge on any atom is -0.497 e. The van der Waals surface area contributed by atoms with Crippen LogP contribution in [0.25, 0.3) is 0 Å². The number of ether oxygens (including phenoxy) is 3. The monoisotopic (exact) mass is 523 g/mol. The number of methoxy groups -OCH3 is 3. The highest BCUT2D eigenvalue weighted by Gasteiger charge is 2.44. The third-order valence-electron chi connectivity index (χ3n) is 6.90. The summed E-state index contributed by atoms with van der Waals surface area (Å²) in [5, 5.41) is 3.25. The first kappa shape index (κ1) is 25.4. The molecule has 0 atom stereocenters. The lowest BCUT2D eigenvalue weighted by Gasteiger charge is -2.38. The van der Waals surface area contributed by atoms with Crippen molar-refractivity contribution >= 4 is 33.3 Å². The molecular formula is C24H30ClN3O6S. The van der Waals surface area contributed by atoms with Crippen molar-refractivity contribution in [1.82, 2.24) is 9.21 Å². The zero-order chi connectivity index (χ0) is 25.2. The average molecular weight is 524 g/mol. The van der Waals surface area contributed by atoms with Crippen molar-refractivity contribution in [2.75, 3.05) is 52.8 Å². The predicted octanol–water partition coefficient (Wildman–Crippen LogP) is 4.07. The van der Waals surface area contributed by atoms with Gasteiger partial charge >= 0.3 is 6.03 Å². The van der Waals surface area contributed by atoms with Gasteiger partial charge in [-0.05, 0) is 42.9 Å². The van der Waals surface area contributed by atoms with Crippen molar-refractivity contribution in [2.24, 2.45) is 5.41 Å². The van der Waals surface area contributed by atoms with Crippen LogP contribution < -0.4 is 19.5 Å². The van der Waals surface area contributed by atoms with Gasteiger partial charge in [-0.2, -0.15) is 4.31 Å². The number of halogens is 1. The van der Waals surface area contributed by atoms with Gasteiger partial charge in [0.1, 0.15) is 17.2 Å². The third-order valence-corrected chi connectivity index (χ3v) is 9.09. The molecule has 9 nitrogen and oxygen atoms in total. The van der Waals surface area contributed by atoms with Gasteiger partial charge in [-0.3, -0.25) is 0 Å². The minimum absolute atomic E-state index is 0.0978. The first-order valence-electron chi connectivity index (χ1n) is 11.3. The Kier molecular flexibility index (Phi) is 7.35. The lowest BCUT2D eigenvalue weighted by Crippen LogP contribution is -2.45. The number of nitrogens with zero attached hydrogens (tertiary/aromatic N) is 2. The Bertz CT molecular complexity index is 1200. The number of likely N-dealkylation sites (tertiary alicyclic amines) is 1. The Morgan fingerprint density at radius 2 is 1.66 bits per heavy atom. The first-order chi connectivity index (χ1) is 16.7. The molecule has 2 aromatic carbocycles. The fourth-order valence-electron chi connectivity index (χ4n) is 4.78. The largest absolute Gasteiger partial charge is 0.497 e. The SMILES string of the molecule is COc1cccc(S(=O)(=O)N2CCC3(CCN(C(=O)Nc4cc(Cl)c(OC)cc4OC)C3)CC2)c1. The summed E-state index contributed by atoms with van der Waals surface area (Å²) >= 11 is 6.22. The molecule has 0 saturated carbocycles. The molecule has 4 rings (SSSR count). The number of carbonyl (C=O) groups excluding carboxylic acids is 1. The number of amides is 2. The van der Waals surface area contributed by atoms with E-state index in [9.17, 15) is 13.2 Å². The van der Waals surface area contributed by atoms with E-state index in [2.05, 4.69) is 5.32 Å². The van der Waals surface area contributed by atoms with Gasteiger partial charge < -0.3 is 24.4 Å². The fraction of sp³-hybridized carbons (Fsp3) is 0.458. The smallest absolute Gasteiger partial charge is 0.321 e. The molecule has 2 saturated heterocycles. The lowest BCUT2D eigenvalue weighted by molar-refractivity contribution is 0.158. The van der Waals surface area contributed by atoms with Gasteiger partial charge in [-0.1, -0.05) is 17.7 Å². The van der Waals surface area contributed by atoms with Crippen molar-refractivity contribution in [2.45, 2.75) is 24.2 Å². The van der Waals surface area contributed by atoms with Gasteiger partial charge in [0.15, 0.2) is 0 Å². The highest BCUT2D eigenvalue weighted by molar-refractivity contribution is 7.89. The molecule has 2 aliphatic heterocycles. The fourth-order valence-corrected chi connectivity index (χ4v) is 6.50. The molecule has 0 radical (unpaired) electrons. The summed E-state index contributed by atoms with van der Waals surface area (Å²) < 4.78 is 43.5. The summed E-state index contributed by atoms with van der Waals surface area (Å²) in [5.41, 5.74) is 0.364. The number of carbonyl (C=O) groups is 1. The average Bonchev–Trinajstić information content (AvgIpc) is 3.28. The van der Waals surface area contributed by atoms with E-state index in [4.69, 9.17) is 25.8 Å². The molecule has 1 N–H and O–H groups in total. The molecule has 2 aromatic rings. The second kappa shape index (κ2) is 10.1. The molecule has 0 unspecified atom stereocenters. The Morgan fingerprint density at radius 3 is 2.31 bits per heavy atom. The highest BCUT2D eigenvalue weighted by Crippen LogP contribution is 2.42. The Labute approximate surface area is 210 Å².